The number of hydrogen-bond acceptors (Lipinski definition) is 6. The van der Waals surface area contributed by atoms with Crippen LogP contribution >= 0.6 is 23.2 Å². The molecule has 1 N–H and O–H groups in total. The lowest BCUT2D eigenvalue weighted by molar-refractivity contribution is -0.148. The number of carbonyl (C=O) groups excluding carboxylic acids is 2. The highest BCUT2D eigenvalue weighted by Gasteiger charge is 2.10. The Hall–Kier alpha value is -2.19. The molecule has 0 atom stereocenters. The number of benzene rings is 1. The number of nitrogens with one attached hydrogen (secondary N) is 1. The Morgan fingerprint density at radius 3 is 2.76 bits per heavy atom. The van der Waals surface area contributed by atoms with Crippen molar-refractivity contribution in [3.05, 3.63) is 34.6 Å². The zero-order chi connectivity index (χ0) is 15.2. The third-order valence-corrected chi connectivity index (χ3v) is 2.99. The molecule has 21 heavy (non-hydrogen) atoms. The Balaban J connectivity index is 1.79. The number of carbonyl (C=O) groups is 2. The van der Waals surface area contributed by atoms with E-state index in [-0.39, 0.29) is 6.54 Å². The highest BCUT2D eigenvalue weighted by molar-refractivity contribution is 6.42. The van der Waals surface area contributed by atoms with E-state index >= 15 is 0 Å². The van der Waals surface area contributed by atoms with Gasteiger partial charge in [0.2, 0.25) is 0 Å². The van der Waals surface area contributed by atoms with Gasteiger partial charge in [-0.1, -0.05) is 23.2 Å². The molecular weight excluding hydrogens is 321 g/mol. The Bertz CT molecular complexity index is 647. The maximum Gasteiger partial charge on any atom is 0.328 e. The standard InChI is InChI=1S/C11H9Cl2N5O3/c12-8-2-1-7(3-9(8)13)15-10(19)5-21-11(20)4-18-6-14-16-17-18/h1-3,6H,4-5H2,(H,15,19). The highest BCUT2D eigenvalue weighted by atomic mass is 35.5. The molecule has 2 aromatic rings. The van der Waals surface area contributed by atoms with Crippen LogP contribution in [0.3, 0.4) is 0 Å². The summed E-state index contributed by atoms with van der Waals surface area (Å²) in [5.41, 5.74) is 0.450. The van der Waals surface area contributed by atoms with Gasteiger partial charge in [-0.05, 0) is 28.6 Å². The van der Waals surface area contributed by atoms with Gasteiger partial charge in [0.05, 0.1) is 10.0 Å². The van der Waals surface area contributed by atoms with Crippen molar-refractivity contribution in [2.24, 2.45) is 0 Å². The van der Waals surface area contributed by atoms with Crippen molar-refractivity contribution in [3.63, 3.8) is 0 Å². The van der Waals surface area contributed by atoms with Crippen LogP contribution in [0.25, 0.3) is 0 Å². The number of tetrazole rings is 1. The lowest BCUT2D eigenvalue weighted by Gasteiger charge is -2.07. The van der Waals surface area contributed by atoms with Crippen molar-refractivity contribution in [1.29, 1.82) is 0 Å². The molecule has 0 unspecified atom stereocenters. The molecule has 1 heterocycles. The van der Waals surface area contributed by atoms with E-state index in [9.17, 15) is 9.59 Å². The Morgan fingerprint density at radius 1 is 1.29 bits per heavy atom. The summed E-state index contributed by atoms with van der Waals surface area (Å²) < 4.78 is 5.96. The maximum atomic E-state index is 11.6. The highest BCUT2D eigenvalue weighted by Crippen LogP contribution is 2.24. The summed E-state index contributed by atoms with van der Waals surface area (Å²) in [6.07, 6.45) is 1.26. The van der Waals surface area contributed by atoms with E-state index in [0.717, 1.165) is 0 Å². The first kappa shape index (κ1) is 15.2. The first-order chi connectivity index (χ1) is 10.0. The summed E-state index contributed by atoms with van der Waals surface area (Å²) in [6.45, 7) is -0.603. The van der Waals surface area contributed by atoms with Crippen molar-refractivity contribution in [3.8, 4) is 0 Å². The molecule has 2 rings (SSSR count). The monoisotopic (exact) mass is 329 g/mol. The number of aromatic nitrogens is 4. The van der Waals surface area contributed by atoms with Crippen LogP contribution < -0.4 is 5.32 Å². The predicted octanol–water partition coefficient (Wildman–Crippen LogP) is 1.16. The number of anilines is 1. The number of esters is 1. The van der Waals surface area contributed by atoms with E-state index in [1.54, 1.807) is 12.1 Å². The average molecular weight is 330 g/mol. The van der Waals surface area contributed by atoms with Gasteiger partial charge < -0.3 is 10.1 Å². The van der Waals surface area contributed by atoms with Gasteiger partial charge in [0.1, 0.15) is 12.9 Å². The molecule has 0 aliphatic carbocycles. The first-order valence-electron chi connectivity index (χ1n) is 5.66. The van der Waals surface area contributed by atoms with Crippen molar-refractivity contribution >= 4 is 40.8 Å². The van der Waals surface area contributed by atoms with Crippen molar-refractivity contribution in [2.75, 3.05) is 11.9 Å². The van der Waals surface area contributed by atoms with Gasteiger partial charge in [0, 0.05) is 5.69 Å². The van der Waals surface area contributed by atoms with Gasteiger partial charge in [-0.25, -0.2) is 4.68 Å². The van der Waals surface area contributed by atoms with E-state index in [1.807, 2.05) is 0 Å². The second-order valence-corrected chi connectivity index (χ2v) is 4.66. The van der Waals surface area contributed by atoms with Gasteiger partial charge in [-0.15, -0.1) is 5.10 Å². The Kier molecular flexibility index (Phi) is 5.07. The number of rotatable bonds is 5. The molecule has 0 aliphatic heterocycles. The molecule has 10 heteroatoms. The fourth-order valence-corrected chi connectivity index (χ4v) is 1.65. The number of halogens is 2. The lowest BCUT2D eigenvalue weighted by Crippen LogP contribution is -2.23. The Labute approximate surface area is 129 Å². The summed E-state index contributed by atoms with van der Waals surface area (Å²) in [7, 11) is 0. The van der Waals surface area contributed by atoms with E-state index in [1.165, 1.54) is 17.1 Å². The molecule has 1 aromatic carbocycles. The zero-order valence-corrected chi connectivity index (χ0v) is 12.0. The maximum absolute atomic E-state index is 11.6. The van der Waals surface area contributed by atoms with Crippen LogP contribution in [0.5, 0.6) is 0 Å². The number of nitrogens with zero attached hydrogens (tertiary/aromatic N) is 4. The molecule has 0 aliphatic rings. The second kappa shape index (κ2) is 7.00. The lowest BCUT2D eigenvalue weighted by atomic mass is 10.3. The van der Waals surface area contributed by atoms with Gasteiger partial charge in [0.15, 0.2) is 6.61 Å². The molecule has 1 aromatic heterocycles. The summed E-state index contributed by atoms with van der Waals surface area (Å²) in [6, 6.07) is 4.61. The molecule has 110 valence electrons. The fraction of sp³-hybridized carbons (Fsp3) is 0.182. The van der Waals surface area contributed by atoms with E-state index in [2.05, 4.69) is 20.8 Å². The van der Waals surface area contributed by atoms with Crippen LogP contribution in [0.15, 0.2) is 24.5 Å². The molecule has 0 spiro atoms. The summed E-state index contributed by atoms with van der Waals surface area (Å²) in [5, 5.41) is 13.4. The van der Waals surface area contributed by atoms with Gasteiger partial charge >= 0.3 is 5.97 Å². The quantitative estimate of drug-likeness (QED) is 0.826. The van der Waals surface area contributed by atoms with Crippen LogP contribution in [-0.4, -0.2) is 38.7 Å². The zero-order valence-electron chi connectivity index (χ0n) is 10.5. The molecule has 0 saturated heterocycles. The summed E-state index contributed by atoms with van der Waals surface area (Å²) >= 11 is 11.6. The number of amides is 1. The third kappa shape index (κ3) is 4.69. The van der Waals surface area contributed by atoms with Gasteiger partial charge in [-0.3, -0.25) is 9.59 Å². The molecule has 0 radical (unpaired) electrons. The fourth-order valence-electron chi connectivity index (χ4n) is 1.35. The van der Waals surface area contributed by atoms with Gasteiger partial charge in [0.25, 0.3) is 5.91 Å². The minimum Gasteiger partial charge on any atom is -0.454 e. The minimum atomic E-state index is -0.633. The summed E-state index contributed by atoms with van der Waals surface area (Å²) in [4.78, 5) is 23.0. The van der Waals surface area contributed by atoms with Crippen molar-refractivity contribution in [2.45, 2.75) is 6.54 Å². The molecule has 8 nitrogen and oxygen atoms in total. The molecular formula is C11H9Cl2N5O3. The van der Waals surface area contributed by atoms with Crippen LogP contribution in [0.2, 0.25) is 10.0 Å². The normalized spacial score (nSPS) is 10.2. The molecule has 0 saturated carbocycles. The first-order valence-corrected chi connectivity index (χ1v) is 6.41. The van der Waals surface area contributed by atoms with Crippen molar-refractivity contribution in [1.82, 2.24) is 20.2 Å². The smallest absolute Gasteiger partial charge is 0.328 e. The number of hydrogen-bond donors (Lipinski definition) is 1. The van der Waals surface area contributed by atoms with E-state index in [0.29, 0.717) is 15.7 Å². The second-order valence-electron chi connectivity index (χ2n) is 3.85. The predicted molar refractivity (Wildman–Crippen MR) is 73.9 cm³/mol. The van der Waals surface area contributed by atoms with Crippen molar-refractivity contribution < 1.29 is 14.3 Å². The summed E-state index contributed by atoms with van der Waals surface area (Å²) in [5.74, 6) is -1.13. The van der Waals surface area contributed by atoms with Crippen LogP contribution in [-0.2, 0) is 20.9 Å². The van der Waals surface area contributed by atoms with Crippen LogP contribution in [0, 0.1) is 0 Å². The largest absolute Gasteiger partial charge is 0.454 e. The van der Waals surface area contributed by atoms with Crippen LogP contribution in [0.1, 0.15) is 0 Å². The minimum absolute atomic E-state index is 0.174. The Morgan fingerprint density at radius 2 is 2.10 bits per heavy atom. The van der Waals surface area contributed by atoms with Gasteiger partial charge in [-0.2, -0.15) is 0 Å². The topological polar surface area (TPSA) is 99.0 Å². The van der Waals surface area contributed by atoms with E-state index in [4.69, 9.17) is 27.9 Å². The molecule has 0 bridgehead atoms. The average Bonchev–Trinajstić information content (AvgIpc) is 2.93. The SMILES string of the molecule is O=C(COC(=O)Cn1cnnn1)Nc1ccc(Cl)c(Cl)c1. The molecule has 0 fully saturated rings. The number of ether oxygens (including phenoxy) is 1. The van der Waals surface area contributed by atoms with E-state index < -0.39 is 18.5 Å². The van der Waals surface area contributed by atoms with Crippen LogP contribution in [0.4, 0.5) is 5.69 Å². The molecule has 1 amide bonds. The third-order valence-electron chi connectivity index (χ3n) is 2.25.